The normalized spacial score (nSPS) is 21.1. The Bertz CT molecular complexity index is 614. The summed E-state index contributed by atoms with van der Waals surface area (Å²) in [6.07, 6.45) is 1.82. The van der Waals surface area contributed by atoms with Crippen molar-refractivity contribution in [3.63, 3.8) is 0 Å². The molecule has 3 amide bonds. The third kappa shape index (κ3) is 4.72. The van der Waals surface area contributed by atoms with Gasteiger partial charge in [-0.1, -0.05) is 17.7 Å². The lowest BCUT2D eigenvalue weighted by molar-refractivity contribution is 0.0762. The molecule has 2 aliphatic heterocycles. The number of hydrogen-bond acceptors (Lipinski definition) is 3. The summed E-state index contributed by atoms with van der Waals surface area (Å²) in [6, 6.07) is 7.64. The van der Waals surface area contributed by atoms with Gasteiger partial charge in [-0.2, -0.15) is 0 Å². The number of rotatable bonds is 3. The molecule has 0 radical (unpaired) electrons. The molecule has 0 aromatic heterocycles. The van der Waals surface area contributed by atoms with E-state index in [1.54, 1.807) is 0 Å². The molecule has 25 heavy (non-hydrogen) atoms. The van der Waals surface area contributed by atoms with Crippen LogP contribution in [0.1, 0.15) is 28.8 Å². The zero-order valence-corrected chi connectivity index (χ0v) is 14.9. The van der Waals surface area contributed by atoms with Gasteiger partial charge in [0.05, 0.1) is 6.61 Å². The number of hydrogen-bond donors (Lipinski definition) is 1. The number of aryl methyl sites for hydroxylation is 1. The maximum absolute atomic E-state index is 12.7. The van der Waals surface area contributed by atoms with Crippen molar-refractivity contribution >= 4 is 11.9 Å². The number of ether oxygens (including phenoxy) is 1. The van der Waals surface area contributed by atoms with E-state index in [1.807, 2.05) is 41.0 Å². The minimum Gasteiger partial charge on any atom is -0.381 e. The fourth-order valence-corrected chi connectivity index (χ4v) is 3.37. The molecule has 136 valence electrons. The minimum atomic E-state index is -0.0308. The van der Waals surface area contributed by atoms with Crippen LogP contribution in [0.2, 0.25) is 0 Å². The molecule has 0 spiro atoms. The minimum absolute atomic E-state index is 0.0308. The van der Waals surface area contributed by atoms with Crippen molar-refractivity contribution in [2.24, 2.45) is 5.92 Å². The average Bonchev–Trinajstić information content (AvgIpc) is 3.01. The predicted molar refractivity (Wildman–Crippen MR) is 95.6 cm³/mol. The van der Waals surface area contributed by atoms with Crippen molar-refractivity contribution in [1.29, 1.82) is 0 Å². The zero-order valence-electron chi connectivity index (χ0n) is 14.9. The maximum atomic E-state index is 12.7. The number of carbonyl (C=O) groups is 2. The molecular weight excluding hydrogens is 318 g/mol. The van der Waals surface area contributed by atoms with Crippen molar-refractivity contribution in [1.82, 2.24) is 15.1 Å². The van der Waals surface area contributed by atoms with Crippen LogP contribution in [0.15, 0.2) is 24.3 Å². The Morgan fingerprint density at radius 3 is 2.76 bits per heavy atom. The molecule has 2 fully saturated rings. The second kappa shape index (κ2) is 8.34. The van der Waals surface area contributed by atoms with Crippen LogP contribution < -0.4 is 5.32 Å². The first-order chi connectivity index (χ1) is 12.1. The van der Waals surface area contributed by atoms with Gasteiger partial charge in [-0.25, -0.2) is 4.79 Å². The summed E-state index contributed by atoms with van der Waals surface area (Å²) in [5.41, 5.74) is 1.80. The van der Waals surface area contributed by atoms with Crippen LogP contribution >= 0.6 is 0 Å². The molecule has 0 aliphatic carbocycles. The molecule has 3 rings (SSSR count). The Morgan fingerprint density at radius 1 is 1.20 bits per heavy atom. The summed E-state index contributed by atoms with van der Waals surface area (Å²) in [4.78, 5) is 28.7. The summed E-state index contributed by atoms with van der Waals surface area (Å²) in [6.45, 7) is 6.70. The summed E-state index contributed by atoms with van der Waals surface area (Å²) < 4.78 is 5.34. The molecule has 1 aromatic rings. The molecule has 1 atom stereocenters. The Kier molecular flexibility index (Phi) is 5.91. The Hall–Kier alpha value is -2.08. The van der Waals surface area contributed by atoms with E-state index in [0.29, 0.717) is 38.6 Å². The van der Waals surface area contributed by atoms with Crippen LogP contribution in [0.25, 0.3) is 0 Å². The van der Waals surface area contributed by atoms with Gasteiger partial charge in [-0.15, -0.1) is 0 Å². The van der Waals surface area contributed by atoms with Gasteiger partial charge in [0.25, 0.3) is 5.91 Å². The third-order valence-electron chi connectivity index (χ3n) is 4.90. The van der Waals surface area contributed by atoms with E-state index in [0.717, 1.165) is 37.2 Å². The first-order valence-corrected chi connectivity index (χ1v) is 9.10. The van der Waals surface area contributed by atoms with Crippen LogP contribution in [0.4, 0.5) is 4.79 Å². The van der Waals surface area contributed by atoms with Crippen molar-refractivity contribution in [2.75, 3.05) is 45.9 Å². The molecule has 2 heterocycles. The van der Waals surface area contributed by atoms with Gasteiger partial charge < -0.3 is 19.9 Å². The van der Waals surface area contributed by atoms with Gasteiger partial charge in [-0.05, 0) is 31.9 Å². The van der Waals surface area contributed by atoms with E-state index in [4.69, 9.17) is 4.74 Å². The smallest absolute Gasteiger partial charge is 0.317 e. The first kappa shape index (κ1) is 17.7. The fraction of sp³-hybridized carbons (Fsp3) is 0.579. The molecule has 2 aliphatic rings. The van der Waals surface area contributed by atoms with Crippen molar-refractivity contribution in [3.8, 4) is 0 Å². The third-order valence-corrected chi connectivity index (χ3v) is 4.90. The lowest BCUT2D eigenvalue weighted by Gasteiger charge is -2.23. The number of nitrogens with one attached hydrogen (secondary N) is 1. The molecule has 0 bridgehead atoms. The number of benzene rings is 1. The maximum Gasteiger partial charge on any atom is 0.317 e. The van der Waals surface area contributed by atoms with E-state index >= 15 is 0 Å². The lowest BCUT2D eigenvalue weighted by Crippen LogP contribution is -2.44. The standard InChI is InChI=1S/C19H27N3O3/c1-15-4-2-5-17(12-15)18(23)21-7-3-8-22(10-9-21)19(24)20-13-16-6-11-25-14-16/h2,4-5,12,16H,3,6-11,13-14H2,1H3,(H,20,24)/t16-/m1/s1. The second-order valence-electron chi connectivity index (χ2n) is 6.92. The van der Waals surface area contributed by atoms with E-state index in [2.05, 4.69) is 5.32 Å². The monoisotopic (exact) mass is 345 g/mol. The van der Waals surface area contributed by atoms with Gasteiger partial charge in [0.15, 0.2) is 0 Å². The van der Waals surface area contributed by atoms with Gasteiger partial charge >= 0.3 is 6.03 Å². The summed E-state index contributed by atoms with van der Waals surface area (Å²) >= 11 is 0. The SMILES string of the molecule is Cc1cccc(C(=O)N2CCCN(C(=O)NC[C@H]3CCOC3)CC2)c1. The number of urea groups is 1. The molecule has 1 aromatic carbocycles. The summed E-state index contributed by atoms with van der Waals surface area (Å²) in [5.74, 6) is 0.476. The molecular formula is C19H27N3O3. The zero-order chi connectivity index (χ0) is 17.6. The molecule has 6 heteroatoms. The lowest BCUT2D eigenvalue weighted by atomic mass is 10.1. The van der Waals surface area contributed by atoms with Crippen LogP contribution in [0.5, 0.6) is 0 Å². The fourth-order valence-electron chi connectivity index (χ4n) is 3.37. The van der Waals surface area contributed by atoms with E-state index < -0.39 is 0 Å². The van der Waals surface area contributed by atoms with Crippen molar-refractivity contribution in [2.45, 2.75) is 19.8 Å². The Balaban J connectivity index is 1.51. The van der Waals surface area contributed by atoms with Crippen molar-refractivity contribution in [3.05, 3.63) is 35.4 Å². The average molecular weight is 345 g/mol. The van der Waals surface area contributed by atoms with E-state index in [9.17, 15) is 9.59 Å². The molecule has 1 N–H and O–H groups in total. The van der Waals surface area contributed by atoms with Gasteiger partial charge in [0, 0.05) is 50.8 Å². The highest BCUT2D eigenvalue weighted by Gasteiger charge is 2.24. The Labute approximate surface area is 149 Å². The number of amides is 3. The van der Waals surface area contributed by atoms with Gasteiger partial charge in [0.1, 0.15) is 0 Å². The van der Waals surface area contributed by atoms with Crippen LogP contribution in [-0.2, 0) is 4.74 Å². The van der Waals surface area contributed by atoms with E-state index in [1.165, 1.54) is 0 Å². The van der Waals surface area contributed by atoms with Crippen molar-refractivity contribution < 1.29 is 14.3 Å². The molecule has 6 nitrogen and oxygen atoms in total. The topological polar surface area (TPSA) is 61.9 Å². The van der Waals surface area contributed by atoms with Crippen LogP contribution in [-0.4, -0.2) is 67.7 Å². The van der Waals surface area contributed by atoms with Crippen LogP contribution in [0, 0.1) is 12.8 Å². The largest absolute Gasteiger partial charge is 0.381 e. The quantitative estimate of drug-likeness (QED) is 0.910. The highest BCUT2D eigenvalue weighted by atomic mass is 16.5. The highest BCUT2D eigenvalue weighted by Crippen LogP contribution is 2.13. The molecule has 2 saturated heterocycles. The highest BCUT2D eigenvalue weighted by molar-refractivity contribution is 5.94. The molecule has 0 saturated carbocycles. The van der Waals surface area contributed by atoms with Gasteiger partial charge in [0.2, 0.25) is 0 Å². The molecule has 0 unspecified atom stereocenters. The first-order valence-electron chi connectivity index (χ1n) is 9.10. The second-order valence-corrected chi connectivity index (χ2v) is 6.92. The number of carbonyl (C=O) groups excluding carboxylic acids is 2. The Morgan fingerprint density at radius 2 is 2.00 bits per heavy atom. The van der Waals surface area contributed by atoms with E-state index in [-0.39, 0.29) is 11.9 Å². The van der Waals surface area contributed by atoms with Crippen LogP contribution in [0.3, 0.4) is 0 Å². The summed E-state index contributed by atoms with van der Waals surface area (Å²) in [5, 5.41) is 3.01. The predicted octanol–water partition coefficient (Wildman–Crippen LogP) is 1.89. The summed E-state index contributed by atoms with van der Waals surface area (Å²) in [7, 11) is 0. The van der Waals surface area contributed by atoms with Gasteiger partial charge in [-0.3, -0.25) is 4.79 Å². The number of nitrogens with zero attached hydrogens (tertiary/aromatic N) is 2.